The molecular formula is C56H47F15N4O12S2. The van der Waals surface area contributed by atoms with Crippen LogP contribution in [0.4, 0.5) is 65.4 Å². The molecule has 0 aliphatic carbocycles. The fourth-order valence-corrected chi connectivity index (χ4v) is 10.2. The quantitative estimate of drug-likeness (QED) is 0.0660. The van der Waals surface area contributed by atoms with Crippen molar-refractivity contribution in [3.63, 3.8) is 0 Å². The van der Waals surface area contributed by atoms with Crippen molar-refractivity contribution in [2.75, 3.05) is 14.2 Å². The van der Waals surface area contributed by atoms with E-state index in [1.807, 2.05) is 57.2 Å². The maximum atomic E-state index is 14.2. The maximum absolute atomic E-state index is 14.2. The number of benzene rings is 6. The number of aromatic hydroxyl groups is 1. The third kappa shape index (κ3) is 13.9. The monoisotopic (exact) mass is 1320 g/mol. The van der Waals surface area contributed by atoms with Crippen LogP contribution in [-0.2, 0) is 31.2 Å². The first-order valence-electron chi connectivity index (χ1n) is 24.9. The molecule has 0 aliphatic rings. The van der Waals surface area contributed by atoms with Gasteiger partial charge in [-0.3, -0.25) is 28.7 Å². The Kier molecular flexibility index (Phi) is 18.7. The van der Waals surface area contributed by atoms with Gasteiger partial charge in [0, 0.05) is 46.8 Å². The fraction of sp³-hybridized carbons (Fsp3) is 0.286. The summed E-state index contributed by atoms with van der Waals surface area (Å²) >= 11 is 0. The number of H-pyrrole nitrogens is 2. The van der Waals surface area contributed by atoms with E-state index >= 15 is 0 Å². The lowest BCUT2D eigenvalue weighted by molar-refractivity contribution is -0.308. The number of aromatic amines is 2. The van der Waals surface area contributed by atoms with Crippen LogP contribution in [0.1, 0.15) is 52.7 Å². The number of methoxy groups -OCH3 is 2. The molecule has 33 heteroatoms. The van der Waals surface area contributed by atoms with Gasteiger partial charge in [0.1, 0.15) is 23.0 Å². The highest BCUT2D eigenvalue weighted by atomic mass is 32.3. The summed E-state index contributed by atoms with van der Waals surface area (Å²) in [5.74, 6) is 0.370. The summed E-state index contributed by atoms with van der Waals surface area (Å²) in [6.07, 6.45) is -24.9. The summed E-state index contributed by atoms with van der Waals surface area (Å²) in [7, 11) is -11.4. The largest absolute Gasteiger partial charge is 0.508 e. The smallest absolute Gasteiger partial charge is 0.450 e. The average Bonchev–Trinajstić information content (AvgIpc) is 0.820. The van der Waals surface area contributed by atoms with Crippen LogP contribution in [0.3, 0.4) is 0 Å². The number of hydrogen-bond acceptors (Lipinski definition) is 12. The van der Waals surface area contributed by atoms with Crippen molar-refractivity contribution in [1.82, 2.24) is 19.1 Å². The molecule has 0 unspecified atom stereocenters. The summed E-state index contributed by atoms with van der Waals surface area (Å²) in [4.78, 5) is 52.6. The van der Waals surface area contributed by atoms with E-state index in [-0.39, 0.29) is 16.6 Å². The molecule has 8 rings (SSSR count). The third-order valence-electron chi connectivity index (χ3n) is 13.0. The van der Waals surface area contributed by atoms with E-state index in [0.717, 1.165) is 57.5 Å². The lowest BCUT2D eigenvalue weighted by Gasteiger charge is -2.28. The van der Waals surface area contributed by atoms with Crippen molar-refractivity contribution in [3.05, 3.63) is 174 Å². The molecule has 89 heavy (non-hydrogen) atoms. The van der Waals surface area contributed by atoms with Crippen LogP contribution >= 0.6 is 0 Å². The number of halogens is 15. The maximum Gasteiger partial charge on any atom is 0.450 e. The Bertz CT molecular complexity index is 4480. The molecule has 0 aliphatic heterocycles. The van der Waals surface area contributed by atoms with Crippen LogP contribution in [0.5, 0.6) is 23.0 Å². The van der Waals surface area contributed by atoms with Gasteiger partial charge < -0.3 is 18.8 Å². The number of fused-ring (bicyclic) bond motifs is 2. The van der Waals surface area contributed by atoms with E-state index in [2.05, 4.69) is 34.9 Å². The normalized spacial score (nSPS) is 13.1. The highest BCUT2D eigenvalue weighted by molar-refractivity contribution is 7.88. The highest BCUT2D eigenvalue weighted by Gasteiger charge is 2.83. The molecule has 8 aromatic rings. The minimum atomic E-state index is -7.50. The Morgan fingerprint density at radius 2 is 0.798 bits per heavy atom. The fourth-order valence-electron chi connectivity index (χ4n) is 8.64. The van der Waals surface area contributed by atoms with E-state index in [1.54, 1.807) is 37.4 Å². The van der Waals surface area contributed by atoms with E-state index in [4.69, 9.17) is 9.47 Å². The molecule has 3 N–H and O–H groups in total. The lowest BCUT2D eigenvalue weighted by atomic mass is 9.83. The van der Waals surface area contributed by atoms with Gasteiger partial charge in [-0.05, 0) is 104 Å². The summed E-state index contributed by atoms with van der Waals surface area (Å²) in [6.45, 7) is 11.9. The number of nitrogens with one attached hydrogen (secondary N) is 2. The van der Waals surface area contributed by atoms with E-state index in [0.29, 0.717) is 39.2 Å². The second-order valence-electron chi connectivity index (χ2n) is 21.2. The molecule has 0 saturated heterocycles. The van der Waals surface area contributed by atoms with Crippen molar-refractivity contribution >= 4 is 41.9 Å². The lowest BCUT2D eigenvalue weighted by Crippen LogP contribution is -2.59. The molecule has 0 fully saturated rings. The molecule has 0 spiro atoms. The zero-order valence-electron chi connectivity index (χ0n) is 46.9. The molecule has 0 radical (unpaired) electrons. The second kappa shape index (κ2) is 24.0. The number of alkyl halides is 14. The third-order valence-corrected chi connectivity index (χ3v) is 15.7. The zero-order valence-corrected chi connectivity index (χ0v) is 48.5. The van der Waals surface area contributed by atoms with Crippen LogP contribution in [-0.4, -0.2) is 90.0 Å². The average molecular weight is 1320 g/mol. The zero-order chi connectivity index (χ0) is 67.4. The summed E-state index contributed by atoms with van der Waals surface area (Å²) in [5, 5.41) is -1.46. The van der Waals surface area contributed by atoms with E-state index in [9.17, 15) is 106 Å². The van der Waals surface area contributed by atoms with Gasteiger partial charge >= 0.3 is 66.4 Å². The van der Waals surface area contributed by atoms with Crippen LogP contribution < -0.4 is 36.2 Å². The van der Waals surface area contributed by atoms with Gasteiger partial charge in [0.25, 0.3) is 11.1 Å². The Balaban J connectivity index is 0.000000242. The van der Waals surface area contributed by atoms with Crippen molar-refractivity contribution in [1.29, 1.82) is 0 Å². The molecule has 2 aromatic heterocycles. The van der Waals surface area contributed by atoms with E-state index in [1.165, 1.54) is 46.8 Å². The van der Waals surface area contributed by atoms with Crippen molar-refractivity contribution in [3.8, 4) is 56.6 Å². The topological polar surface area (TPSA) is 226 Å². The number of nitrogens with zero attached hydrogens (tertiary/aromatic N) is 2. The standard InChI is InChI=1S/C28H23F7N2O6S.C25H24N2O4.C3F8O2S/c1-25(2,3)21-14-18(37-10-9-22(38)36-24(37)39)13-20(23(21)42-4)17-6-5-16-12-19(8-7-15(16)11-17)43-44(40,41)26(29,27(30,31)32)28(33,34)35;1-25(2,3)21-14-18(27-10-9-22(29)26-24(27)30)13-20(23(21)31-4)17-6-5-16-12-19(28)8-7-15(16)11-17;4-1(2(5,6)7,3(8,9)10)14(11,12)13/h5-14H,1-4H3,(H,36,38,39);5-14,28H,1-4H3,(H,26,29,30);. The number of ether oxygens (including phenoxy) is 2. The minimum absolute atomic E-state index is 0.118. The Morgan fingerprint density at radius 1 is 0.449 bits per heavy atom. The van der Waals surface area contributed by atoms with Crippen LogP contribution in [0.15, 0.2) is 141 Å². The molecule has 0 saturated carbocycles. The number of phenols is 1. The van der Waals surface area contributed by atoms with Gasteiger partial charge in [0.15, 0.2) is 0 Å². The summed E-state index contributed by atoms with van der Waals surface area (Å²) in [5.41, 5.74) is 2.28. The number of phenolic OH excluding ortho intramolecular Hbond substituents is 1. The number of aromatic nitrogens is 4. The first-order valence-corrected chi connectivity index (χ1v) is 27.7. The Labute approximate surface area is 492 Å². The van der Waals surface area contributed by atoms with Gasteiger partial charge in [-0.1, -0.05) is 77.9 Å². The SMILES string of the molecule is COc1c(-c2ccc3cc(O)ccc3c2)cc(-n2ccc(=O)[nH]c2=O)cc1C(C)(C)C.COc1c(-c2ccc3cc(OS(=O)(=O)C(F)(C(F)(F)F)C(F)(F)F)ccc3c2)cc(-n2ccc(=O)[nH]c2=O)cc1C(C)(C)C.O=S(=O)(F)C(F)(C(F)(F)F)C(F)(F)F. The van der Waals surface area contributed by atoms with Crippen molar-refractivity contribution in [2.24, 2.45) is 0 Å². The molecule has 2 heterocycles. The van der Waals surface area contributed by atoms with Crippen molar-refractivity contribution < 1.29 is 101 Å². The van der Waals surface area contributed by atoms with Gasteiger partial charge in [-0.15, -0.1) is 3.89 Å². The summed E-state index contributed by atoms with van der Waals surface area (Å²) < 4.78 is 245. The second-order valence-corrected chi connectivity index (χ2v) is 24.3. The van der Waals surface area contributed by atoms with Gasteiger partial charge in [0.2, 0.25) is 0 Å². The van der Waals surface area contributed by atoms with Crippen LogP contribution in [0.25, 0.3) is 55.2 Å². The van der Waals surface area contributed by atoms with Gasteiger partial charge in [-0.2, -0.15) is 69.5 Å². The first-order chi connectivity index (χ1) is 40.5. The molecule has 0 atom stereocenters. The molecule has 6 aromatic carbocycles. The van der Waals surface area contributed by atoms with Gasteiger partial charge in [0.05, 0.1) is 25.6 Å². The number of rotatable bonds is 10. The van der Waals surface area contributed by atoms with Crippen molar-refractivity contribution in [2.45, 2.75) is 87.1 Å². The number of hydrogen-bond donors (Lipinski definition) is 3. The summed E-state index contributed by atoms with van der Waals surface area (Å²) in [6, 6.07) is 27.9. The molecule has 0 amide bonds. The molecular weight excluding hydrogens is 1270 g/mol. The van der Waals surface area contributed by atoms with Crippen LogP contribution in [0, 0.1) is 0 Å². The van der Waals surface area contributed by atoms with E-state index < -0.39 is 88.7 Å². The predicted molar refractivity (Wildman–Crippen MR) is 295 cm³/mol. The Morgan fingerprint density at radius 3 is 1.12 bits per heavy atom. The first kappa shape index (κ1) is 69.4. The molecule has 480 valence electrons. The highest BCUT2D eigenvalue weighted by Crippen LogP contribution is 2.52. The predicted octanol–water partition coefficient (Wildman–Crippen LogP) is 12.6. The molecule has 16 nitrogen and oxygen atoms in total. The van der Waals surface area contributed by atoms with Gasteiger partial charge in [-0.25, -0.2) is 18.4 Å². The van der Waals surface area contributed by atoms with Crippen LogP contribution in [0.2, 0.25) is 0 Å². The minimum Gasteiger partial charge on any atom is -0.508 e. The molecule has 0 bridgehead atoms. The Hall–Kier alpha value is -8.75.